The van der Waals surface area contributed by atoms with E-state index in [9.17, 15) is 0 Å². The van der Waals surface area contributed by atoms with E-state index in [2.05, 4.69) is 34.3 Å². The van der Waals surface area contributed by atoms with Crippen LogP contribution in [0, 0.1) is 6.92 Å². The lowest BCUT2D eigenvalue weighted by atomic mass is 10.2. The number of aliphatic imine (C=N–C) groups is 1. The fourth-order valence-electron chi connectivity index (χ4n) is 2.44. The monoisotopic (exact) mass is 347 g/mol. The molecule has 130 valence electrons. The highest BCUT2D eigenvalue weighted by molar-refractivity contribution is 7.11. The summed E-state index contributed by atoms with van der Waals surface area (Å²) in [6.45, 7) is 3.58. The standard InChI is InChI=1S/C18H25N3O2S/c1-13-6-9-16(24-13)11-20-18(19-2)21(3)12-14-7-8-15(22-4)10-17(14)23-5/h6-10H,11-12H2,1-5H3,(H,19,20). The normalized spacial score (nSPS) is 11.3. The minimum absolute atomic E-state index is 0.691. The van der Waals surface area contributed by atoms with Gasteiger partial charge in [0.15, 0.2) is 5.96 Å². The number of benzene rings is 1. The maximum atomic E-state index is 5.47. The zero-order chi connectivity index (χ0) is 17.5. The Morgan fingerprint density at radius 1 is 1.21 bits per heavy atom. The van der Waals surface area contributed by atoms with Gasteiger partial charge >= 0.3 is 0 Å². The smallest absolute Gasteiger partial charge is 0.193 e. The molecule has 0 saturated carbocycles. The molecule has 2 aromatic rings. The number of hydrogen-bond acceptors (Lipinski definition) is 4. The first kappa shape index (κ1) is 18.1. The van der Waals surface area contributed by atoms with E-state index in [1.54, 1.807) is 32.6 Å². The molecule has 5 nitrogen and oxygen atoms in total. The lowest BCUT2D eigenvalue weighted by molar-refractivity contribution is 0.382. The summed E-state index contributed by atoms with van der Waals surface area (Å²) in [5.41, 5.74) is 1.08. The largest absolute Gasteiger partial charge is 0.497 e. The maximum absolute atomic E-state index is 5.47. The van der Waals surface area contributed by atoms with Crippen molar-refractivity contribution in [2.24, 2.45) is 4.99 Å². The predicted octanol–water partition coefficient (Wildman–Crippen LogP) is 3.28. The van der Waals surface area contributed by atoms with Crippen LogP contribution in [0.3, 0.4) is 0 Å². The van der Waals surface area contributed by atoms with Gasteiger partial charge in [0.05, 0.1) is 20.8 Å². The zero-order valence-corrected chi connectivity index (χ0v) is 15.7. The van der Waals surface area contributed by atoms with Gasteiger partial charge in [-0.15, -0.1) is 11.3 Å². The van der Waals surface area contributed by atoms with Crippen LogP contribution in [0.2, 0.25) is 0 Å². The van der Waals surface area contributed by atoms with Crippen LogP contribution in [-0.2, 0) is 13.1 Å². The lowest BCUT2D eigenvalue weighted by Crippen LogP contribution is -2.37. The lowest BCUT2D eigenvalue weighted by Gasteiger charge is -2.23. The molecular weight excluding hydrogens is 322 g/mol. The van der Waals surface area contributed by atoms with Crippen LogP contribution in [0.5, 0.6) is 11.5 Å². The summed E-state index contributed by atoms with van der Waals surface area (Å²) >= 11 is 1.80. The molecule has 1 aromatic carbocycles. The highest BCUT2D eigenvalue weighted by atomic mass is 32.1. The molecule has 0 radical (unpaired) electrons. The molecule has 1 heterocycles. The van der Waals surface area contributed by atoms with Gasteiger partial charge in [-0.25, -0.2) is 0 Å². The fourth-order valence-corrected chi connectivity index (χ4v) is 3.27. The number of aryl methyl sites for hydroxylation is 1. The summed E-state index contributed by atoms with van der Waals surface area (Å²) in [5.74, 6) is 2.44. The molecule has 1 aromatic heterocycles. The van der Waals surface area contributed by atoms with Crippen molar-refractivity contribution in [3.63, 3.8) is 0 Å². The molecule has 0 aliphatic carbocycles. The Kier molecular flexibility index (Phi) is 6.49. The Labute approximate surface area is 147 Å². The molecule has 0 spiro atoms. The second-order valence-electron chi connectivity index (χ2n) is 5.45. The fraction of sp³-hybridized carbons (Fsp3) is 0.389. The SMILES string of the molecule is CN=C(NCc1ccc(C)s1)N(C)Cc1ccc(OC)cc1OC. The summed E-state index contributed by atoms with van der Waals surface area (Å²) in [7, 11) is 7.13. The Morgan fingerprint density at radius 3 is 2.58 bits per heavy atom. The zero-order valence-electron chi connectivity index (χ0n) is 14.9. The average Bonchev–Trinajstić information content (AvgIpc) is 3.01. The van der Waals surface area contributed by atoms with Crippen LogP contribution in [0.4, 0.5) is 0 Å². The van der Waals surface area contributed by atoms with Crippen molar-refractivity contribution in [1.29, 1.82) is 0 Å². The van der Waals surface area contributed by atoms with Crippen LogP contribution in [0.15, 0.2) is 35.3 Å². The highest BCUT2D eigenvalue weighted by Crippen LogP contribution is 2.25. The molecule has 2 rings (SSSR count). The number of nitrogens with one attached hydrogen (secondary N) is 1. The Hall–Kier alpha value is -2.21. The summed E-state index contributed by atoms with van der Waals surface area (Å²) in [4.78, 5) is 9.05. The number of methoxy groups -OCH3 is 2. The second kappa shape index (κ2) is 8.59. The van der Waals surface area contributed by atoms with Crippen molar-refractivity contribution < 1.29 is 9.47 Å². The van der Waals surface area contributed by atoms with Gasteiger partial charge in [-0.3, -0.25) is 4.99 Å². The number of rotatable bonds is 6. The Balaban J connectivity index is 2.02. The van der Waals surface area contributed by atoms with Gasteiger partial charge in [0.1, 0.15) is 11.5 Å². The van der Waals surface area contributed by atoms with Crippen LogP contribution < -0.4 is 14.8 Å². The van der Waals surface area contributed by atoms with Gasteiger partial charge in [0.25, 0.3) is 0 Å². The van der Waals surface area contributed by atoms with Gasteiger partial charge in [-0.05, 0) is 31.2 Å². The van der Waals surface area contributed by atoms with Crippen LogP contribution >= 0.6 is 11.3 Å². The molecule has 0 aliphatic heterocycles. The molecule has 0 atom stereocenters. The number of ether oxygens (including phenoxy) is 2. The molecule has 0 fully saturated rings. The van der Waals surface area contributed by atoms with E-state index in [4.69, 9.17) is 9.47 Å². The van der Waals surface area contributed by atoms with Crippen molar-refractivity contribution in [2.75, 3.05) is 28.3 Å². The molecule has 6 heteroatoms. The van der Waals surface area contributed by atoms with Crippen LogP contribution in [0.25, 0.3) is 0 Å². The molecule has 1 N–H and O–H groups in total. The topological polar surface area (TPSA) is 46.1 Å². The van der Waals surface area contributed by atoms with Crippen molar-refractivity contribution in [3.8, 4) is 11.5 Å². The molecule has 0 bridgehead atoms. The van der Waals surface area contributed by atoms with E-state index < -0.39 is 0 Å². The summed E-state index contributed by atoms with van der Waals surface area (Å²) < 4.78 is 10.7. The van der Waals surface area contributed by atoms with Crippen molar-refractivity contribution >= 4 is 17.3 Å². The molecule has 0 saturated heterocycles. The van der Waals surface area contributed by atoms with Gasteiger partial charge in [0, 0.05) is 42.0 Å². The first-order valence-corrected chi connectivity index (χ1v) is 8.57. The van der Waals surface area contributed by atoms with E-state index in [0.717, 1.165) is 29.6 Å². The number of thiophene rings is 1. The van der Waals surface area contributed by atoms with E-state index in [1.165, 1.54) is 9.75 Å². The van der Waals surface area contributed by atoms with Gasteiger partial charge in [0.2, 0.25) is 0 Å². The van der Waals surface area contributed by atoms with Crippen molar-refractivity contribution in [2.45, 2.75) is 20.0 Å². The molecule has 0 unspecified atom stereocenters. The summed E-state index contributed by atoms with van der Waals surface area (Å²) in [6, 6.07) is 10.1. The highest BCUT2D eigenvalue weighted by Gasteiger charge is 2.11. The first-order valence-electron chi connectivity index (χ1n) is 7.75. The van der Waals surface area contributed by atoms with E-state index >= 15 is 0 Å². The quantitative estimate of drug-likeness (QED) is 0.643. The number of guanidine groups is 1. The van der Waals surface area contributed by atoms with Crippen molar-refractivity contribution in [3.05, 3.63) is 45.6 Å². The minimum Gasteiger partial charge on any atom is -0.497 e. The first-order chi connectivity index (χ1) is 11.6. The molecule has 0 aliphatic rings. The molecule has 0 amide bonds. The van der Waals surface area contributed by atoms with Crippen molar-refractivity contribution in [1.82, 2.24) is 10.2 Å². The average molecular weight is 347 g/mol. The second-order valence-corrected chi connectivity index (χ2v) is 6.82. The van der Waals surface area contributed by atoms with Gasteiger partial charge in [-0.2, -0.15) is 0 Å². The molecule has 24 heavy (non-hydrogen) atoms. The molecular formula is C18H25N3O2S. The third-order valence-electron chi connectivity index (χ3n) is 3.69. The summed E-state index contributed by atoms with van der Waals surface area (Å²) in [6.07, 6.45) is 0. The maximum Gasteiger partial charge on any atom is 0.193 e. The van der Waals surface area contributed by atoms with E-state index in [1.807, 2.05) is 25.2 Å². The Morgan fingerprint density at radius 2 is 2.00 bits per heavy atom. The van der Waals surface area contributed by atoms with Crippen LogP contribution in [-0.4, -0.2) is 39.2 Å². The van der Waals surface area contributed by atoms with E-state index in [0.29, 0.717) is 6.54 Å². The third-order valence-corrected chi connectivity index (χ3v) is 4.69. The Bertz CT molecular complexity index is 697. The van der Waals surface area contributed by atoms with E-state index in [-0.39, 0.29) is 0 Å². The predicted molar refractivity (Wildman–Crippen MR) is 100 cm³/mol. The number of hydrogen-bond donors (Lipinski definition) is 1. The third kappa shape index (κ3) is 4.64. The van der Waals surface area contributed by atoms with Gasteiger partial charge in [-0.1, -0.05) is 0 Å². The number of nitrogens with zero attached hydrogens (tertiary/aromatic N) is 2. The minimum atomic E-state index is 0.691. The van der Waals surface area contributed by atoms with Gasteiger partial charge < -0.3 is 19.7 Å². The summed E-state index contributed by atoms with van der Waals surface area (Å²) in [5, 5.41) is 3.40. The van der Waals surface area contributed by atoms with Crippen LogP contribution in [0.1, 0.15) is 15.3 Å².